The zero-order valence-electron chi connectivity index (χ0n) is 13.3. The van der Waals surface area contributed by atoms with Gasteiger partial charge < -0.3 is 5.73 Å². The minimum atomic E-state index is -0.612. The Balaban J connectivity index is 1.83. The number of rotatable bonds is 3. The number of carbonyl (C=O) groups is 2. The molecule has 0 bridgehead atoms. The second-order valence-electron chi connectivity index (χ2n) is 5.74. The van der Waals surface area contributed by atoms with Crippen molar-refractivity contribution in [2.75, 3.05) is 5.43 Å². The summed E-state index contributed by atoms with van der Waals surface area (Å²) >= 11 is 1.01. The highest BCUT2D eigenvalue weighted by molar-refractivity contribution is 7.08. The van der Waals surface area contributed by atoms with Crippen molar-refractivity contribution in [3.05, 3.63) is 51.7 Å². The largest absolute Gasteiger partial charge is 0.364 e. The quantitative estimate of drug-likeness (QED) is 0.735. The molecular weight excluding hydrogens is 340 g/mol. The Kier molecular flexibility index (Phi) is 3.57. The summed E-state index contributed by atoms with van der Waals surface area (Å²) in [7, 11) is 0. The highest BCUT2D eigenvalue weighted by Gasteiger charge is 2.28. The number of carbonyl (C=O) groups excluding carboxylic acids is 2. The SMILES string of the molecule is Cc1nnsc1C(=O)Nn1nc(C(N)=O)c2c1-c1ccccc1CC2. The molecule has 25 heavy (non-hydrogen) atoms. The molecule has 0 saturated carbocycles. The lowest BCUT2D eigenvalue weighted by molar-refractivity contribution is 0.0984. The maximum atomic E-state index is 12.5. The molecule has 1 aliphatic carbocycles. The van der Waals surface area contributed by atoms with Gasteiger partial charge in [0.15, 0.2) is 5.69 Å². The second kappa shape index (κ2) is 5.78. The van der Waals surface area contributed by atoms with Gasteiger partial charge in [-0.1, -0.05) is 28.8 Å². The molecule has 0 unspecified atom stereocenters. The number of nitrogens with zero attached hydrogens (tertiary/aromatic N) is 4. The minimum Gasteiger partial charge on any atom is -0.364 e. The van der Waals surface area contributed by atoms with Crippen molar-refractivity contribution >= 4 is 23.3 Å². The molecule has 126 valence electrons. The van der Waals surface area contributed by atoms with Crippen molar-refractivity contribution in [3.63, 3.8) is 0 Å². The number of amides is 2. The number of aryl methyl sites for hydroxylation is 2. The highest BCUT2D eigenvalue weighted by Crippen LogP contribution is 2.34. The molecule has 3 N–H and O–H groups in total. The smallest absolute Gasteiger partial charge is 0.285 e. The molecule has 8 nitrogen and oxygen atoms in total. The minimum absolute atomic E-state index is 0.184. The van der Waals surface area contributed by atoms with Gasteiger partial charge in [0.1, 0.15) is 4.88 Å². The van der Waals surface area contributed by atoms with Gasteiger partial charge >= 0.3 is 0 Å². The molecule has 4 rings (SSSR count). The van der Waals surface area contributed by atoms with Crippen molar-refractivity contribution in [1.29, 1.82) is 0 Å². The van der Waals surface area contributed by atoms with Crippen LogP contribution in [0.5, 0.6) is 0 Å². The third kappa shape index (κ3) is 2.49. The van der Waals surface area contributed by atoms with Crippen LogP contribution in [0.1, 0.15) is 37.0 Å². The van der Waals surface area contributed by atoms with Crippen molar-refractivity contribution < 1.29 is 9.59 Å². The number of nitrogens with one attached hydrogen (secondary N) is 1. The van der Waals surface area contributed by atoms with Gasteiger partial charge in [-0.3, -0.25) is 9.59 Å². The zero-order chi connectivity index (χ0) is 17.6. The third-order valence-corrected chi connectivity index (χ3v) is 5.03. The number of hydrogen-bond acceptors (Lipinski definition) is 6. The van der Waals surface area contributed by atoms with Crippen LogP contribution >= 0.6 is 11.5 Å². The first-order valence-corrected chi connectivity index (χ1v) is 8.44. The summed E-state index contributed by atoms with van der Waals surface area (Å²) < 4.78 is 3.77. The average Bonchev–Trinajstić information content (AvgIpc) is 3.19. The van der Waals surface area contributed by atoms with E-state index in [4.69, 9.17) is 5.73 Å². The van der Waals surface area contributed by atoms with Gasteiger partial charge in [-0.15, -0.1) is 10.2 Å². The van der Waals surface area contributed by atoms with Crippen molar-refractivity contribution in [1.82, 2.24) is 19.5 Å². The van der Waals surface area contributed by atoms with Crippen molar-refractivity contribution in [2.45, 2.75) is 19.8 Å². The van der Waals surface area contributed by atoms with Crippen LogP contribution < -0.4 is 11.2 Å². The Morgan fingerprint density at radius 2 is 2.08 bits per heavy atom. The lowest BCUT2D eigenvalue weighted by Crippen LogP contribution is -2.25. The summed E-state index contributed by atoms with van der Waals surface area (Å²) in [5.74, 6) is -0.990. The molecule has 2 aromatic heterocycles. The van der Waals surface area contributed by atoms with Gasteiger partial charge in [0, 0.05) is 11.1 Å². The van der Waals surface area contributed by atoms with E-state index in [1.807, 2.05) is 24.3 Å². The molecule has 0 saturated heterocycles. The summed E-state index contributed by atoms with van der Waals surface area (Å²) in [6.07, 6.45) is 1.43. The third-order valence-electron chi connectivity index (χ3n) is 4.20. The van der Waals surface area contributed by atoms with E-state index in [1.165, 1.54) is 4.79 Å². The summed E-state index contributed by atoms with van der Waals surface area (Å²) in [4.78, 5) is 26.0. The fourth-order valence-corrected chi connectivity index (χ4v) is 3.60. The predicted octanol–water partition coefficient (Wildman–Crippen LogP) is 1.29. The van der Waals surface area contributed by atoms with Gasteiger partial charge in [-0.05, 0) is 36.9 Å². The molecule has 0 spiro atoms. The average molecular weight is 354 g/mol. The fourth-order valence-electron chi connectivity index (χ4n) is 3.06. The van der Waals surface area contributed by atoms with E-state index >= 15 is 0 Å². The Labute approximate surface area is 146 Å². The molecule has 1 aromatic carbocycles. The molecule has 0 radical (unpaired) electrons. The van der Waals surface area contributed by atoms with Crippen LogP contribution in [0, 0.1) is 6.92 Å². The monoisotopic (exact) mass is 354 g/mol. The fraction of sp³-hybridized carbons (Fsp3) is 0.188. The van der Waals surface area contributed by atoms with Crippen LogP contribution in [0.25, 0.3) is 11.3 Å². The molecule has 2 amide bonds. The Morgan fingerprint density at radius 3 is 2.80 bits per heavy atom. The van der Waals surface area contributed by atoms with Crippen LogP contribution in [0.4, 0.5) is 0 Å². The van der Waals surface area contributed by atoms with Gasteiger partial charge in [0.05, 0.1) is 11.4 Å². The lowest BCUT2D eigenvalue weighted by atomic mass is 9.89. The maximum absolute atomic E-state index is 12.5. The summed E-state index contributed by atoms with van der Waals surface area (Å²) in [6.45, 7) is 1.71. The van der Waals surface area contributed by atoms with E-state index in [2.05, 4.69) is 20.1 Å². The maximum Gasteiger partial charge on any atom is 0.285 e. The number of aromatic nitrogens is 4. The molecular formula is C16H14N6O2S. The molecule has 0 fully saturated rings. The molecule has 9 heteroatoms. The highest BCUT2D eigenvalue weighted by atomic mass is 32.1. The van der Waals surface area contributed by atoms with Gasteiger partial charge in [-0.25, -0.2) is 5.43 Å². The Bertz CT molecular complexity index is 1010. The first-order valence-electron chi connectivity index (χ1n) is 7.66. The Hall–Kier alpha value is -3.07. The number of fused-ring (bicyclic) bond motifs is 3. The van der Waals surface area contributed by atoms with E-state index in [9.17, 15) is 9.59 Å². The molecule has 0 atom stereocenters. The van der Waals surface area contributed by atoms with Crippen LogP contribution in [-0.2, 0) is 12.8 Å². The first kappa shape index (κ1) is 15.5. The molecule has 3 aromatic rings. The van der Waals surface area contributed by atoms with Gasteiger partial charge in [0.25, 0.3) is 11.8 Å². The van der Waals surface area contributed by atoms with Crippen molar-refractivity contribution in [3.8, 4) is 11.3 Å². The van der Waals surface area contributed by atoms with Crippen LogP contribution in [-0.4, -0.2) is 31.3 Å². The van der Waals surface area contributed by atoms with E-state index in [-0.39, 0.29) is 11.6 Å². The van der Waals surface area contributed by atoms with Crippen LogP contribution in [0.15, 0.2) is 24.3 Å². The summed E-state index contributed by atoms with van der Waals surface area (Å²) in [6, 6.07) is 7.85. The van der Waals surface area contributed by atoms with E-state index < -0.39 is 5.91 Å². The standard InChI is InChI=1S/C16H14N6O2S/c1-8-14(25-21-18-8)16(24)20-22-13-10-5-3-2-4-9(10)6-7-11(13)12(19-22)15(17)23/h2-5H,6-7H2,1H3,(H2,17,23)(H,20,24). The zero-order valence-corrected chi connectivity index (χ0v) is 14.1. The molecule has 2 heterocycles. The van der Waals surface area contributed by atoms with E-state index in [0.29, 0.717) is 22.7 Å². The Morgan fingerprint density at radius 1 is 1.28 bits per heavy atom. The topological polar surface area (TPSA) is 116 Å². The van der Waals surface area contributed by atoms with Crippen LogP contribution in [0.2, 0.25) is 0 Å². The second-order valence-corrected chi connectivity index (χ2v) is 6.49. The van der Waals surface area contributed by atoms with Crippen molar-refractivity contribution in [2.24, 2.45) is 5.73 Å². The summed E-state index contributed by atoms with van der Waals surface area (Å²) in [5.41, 5.74) is 12.4. The lowest BCUT2D eigenvalue weighted by Gasteiger charge is -2.18. The van der Waals surface area contributed by atoms with Gasteiger partial charge in [0.2, 0.25) is 0 Å². The number of nitrogens with two attached hydrogens (primary N) is 1. The van der Waals surface area contributed by atoms with E-state index in [0.717, 1.165) is 34.6 Å². The first-order chi connectivity index (χ1) is 12.1. The van der Waals surface area contributed by atoms with E-state index in [1.54, 1.807) is 6.92 Å². The number of primary amides is 1. The normalized spacial score (nSPS) is 12.4. The number of benzene rings is 1. The molecule has 0 aliphatic heterocycles. The van der Waals surface area contributed by atoms with Crippen LogP contribution in [0.3, 0.4) is 0 Å². The molecule has 1 aliphatic rings. The number of hydrogen-bond donors (Lipinski definition) is 2. The van der Waals surface area contributed by atoms with Gasteiger partial charge in [-0.2, -0.15) is 4.79 Å². The predicted molar refractivity (Wildman–Crippen MR) is 91.9 cm³/mol. The summed E-state index contributed by atoms with van der Waals surface area (Å²) in [5, 5.41) is 8.08.